The van der Waals surface area contributed by atoms with E-state index in [4.69, 9.17) is 5.11 Å². The van der Waals surface area contributed by atoms with Gasteiger partial charge < -0.3 is 10.4 Å². The highest BCUT2D eigenvalue weighted by atomic mass is 33.1. The van der Waals surface area contributed by atoms with Gasteiger partial charge in [-0.15, -0.1) is 0 Å². The monoisotopic (exact) mass is 378 g/mol. The summed E-state index contributed by atoms with van der Waals surface area (Å²) >= 11 is 0. The molecule has 0 spiro atoms. The lowest BCUT2D eigenvalue weighted by Crippen LogP contribution is -2.25. The summed E-state index contributed by atoms with van der Waals surface area (Å²) in [4.78, 5) is 22.2. The van der Waals surface area contributed by atoms with Crippen molar-refractivity contribution in [2.75, 3.05) is 29.0 Å². The number of carbonyl (C=O) groups excluding carboxylic acids is 1. The first-order valence-corrected chi connectivity index (χ1v) is 11.0. The molecule has 10 heteroatoms. The number of carboxylic acids is 1. The van der Waals surface area contributed by atoms with Crippen molar-refractivity contribution in [3.63, 3.8) is 0 Å². The largest absolute Gasteiger partial charge is 0.481 e. The molecule has 0 aliphatic carbocycles. The Morgan fingerprint density at radius 3 is 2.30 bits per heavy atom. The van der Waals surface area contributed by atoms with E-state index in [-0.39, 0.29) is 12.3 Å². The van der Waals surface area contributed by atoms with Crippen LogP contribution in [-0.4, -0.2) is 49.7 Å². The maximum atomic E-state index is 11.9. The molecule has 0 aliphatic heterocycles. The van der Waals surface area contributed by atoms with Gasteiger partial charge in [0.25, 0.3) is 5.91 Å². The Morgan fingerprint density at radius 2 is 1.74 bits per heavy atom. The van der Waals surface area contributed by atoms with Crippen molar-refractivity contribution in [3.8, 4) is 0 Å². The van der Waals surface area contributed by atoms with Gasteiger partial charge in [-0.2, -0.15) is 0 Å². The minimum atomic E-state index is -3.33. The summed E-state index contributed by atoms with van der Waals surface area (Å²) in [5, 5.41) is 11.2. The van der Waals surface area contributed by atoms with Crippen molar-refractivity contribution < 1.29 is 23.1 Å². The normalized spacial score (nSPS) is 11.0. The van der Waals surface area contributed by atoms with Crippen LogP contribution in [0.2, 0.25) is 0 Å². The fourth-order valence-corrected chi connectivity index (χ4v) is 3.91. The molecule has 0 unspecified atom stereocenters. The SMILES string of the molecule is CS(=O)(=O)Nc1ccc(C(=O)NCCSSCCC(=O)O)cc1. The summed E-state index contributed by atoms with van der Waals surface area (Å²) in [5.74, 6) is 0.138. The highest BCUT2D eigenvalue weighted by Crippen LogP contribution is 2.21. The zero-order chi connectivity index (χ0) is 17.3. The fourth-order valence-electron chi connectivity index (χ4n) is 1.46. The molecule has 0 heterocycles. The molecule has 0 saturated heterocycles. The van der Waals surface area contributed by atoms with Gasteiger partial charge in [-0.25, -0.2) is 8.42 Å². The van der Waals surface area contributed by atoms with Crippen LogP contribution < -0.4 is 10.0 Å². The van der Waals surface area contributed by atoms with Crippen molar-refractivity contribution in [2.45, 2.75) is 6.42 Å². The molecule has 128 valence electrons. The smallest absolute Gasteiger partial charge is 0.304 e. The first-order chi connectivity index (χ1) is 10.8. The van der Waals surface area contributed by atoms with E-state index in [2.05, 4.69) is 10.0 Å². The van der Waals surface area contributed by atoms with Gasteiger partial charge in [-0.1, -0.05) is 21.6 Å². The standard InChI is InChI=1S/C13H18N2O5S3/c1-23(19,20)15-11-4-2-10(3-5-11)13(18)14-7-9-22-21-8-6-12(16)17/h2-5,15H,6-9H2,1H3,(H,14,18)(H,16,17). The first kappa shape index (κ1) is 19.7. The van der Waals surface area contributed by atoms with Gasteiger partial charge in [0.15, 0.2) is 0 Å². The highest BCUT2D eigenvalue weighted by Gasteiger charge is 2.06. The third kappa shape index (κ3) is 9.36. The highest BCUT2D eigenvalue weighted by molar-refractivity contribution is 8.76. The van der Waals surface area contributed by atoms with Crippen LogP contribution in [0.25, 0.3) is 0 Å². The molecule has 7 nitrogen and oxygen atoms in total. The molecule has 0 radical (unpaired) electrons. The second kappa shape index (κ2) is 9.68. The maximum Gasteiger partial charge on any atom is 0.304 e. The quantitative estimate of drug-likeness (QED) is 0.419. The van der Waals surface area contributed by atoms with E-state index in [1.54, 1.807) is 0 Å². The number of hydrogen-bond acceptors (Lipinski definition) is 6. The van der Waals surface area contributed by atoms with Crippen LogP contribution in [0.1, 0.15) is 16.8 Å². The Morgan fingerprint density at radius 1 is 1.13 bits per heavy atom. The Hall–Kier alpha value is -1.39. The average molecular weight is 378 g/mol. The molecule has 3 N–H and O–H groups in total. The third-order valence-corrected chi connectivity index (χ3v) is 5.42. The number of benzene rings is 1. The molecule has 1 aromatic carbocycles. The molecule has 0 atom stereocenters. The number of sulfonamides is 1. The second-order valence-electron chi connectivity index (χ2n) is 4.50. The number of nitrogens with one attached hydrogen (secondary N) is 2. The summed E-state index contributed by atoms with van der Waals surface area (Å²) in [6.45, 7) is 0.465. The van der Waals surface area contributed by atoms with E-state index in [1.165, 1.54) is 45.9 Å². The number of amides is 1. The predicted octanol–water partition coefficient (Wildman–Crippen LogP) is 1.64. The molecule has 1 rings (SSSR count). The molecule has 1 aromatic rings. The zero-order valence-corrected chi connectivity index (χ0v) is 14.9. The van der Waals surface area contributed by atoms with E-state index < -0.39 is 16.0 Å². The predicted molar refractivity (Wildman–Crippen MR) is 94.4 cm³/mol. The number of carboxylic acid groups (broad SMARTS) is 1. The average Bonchev–Trinajstić information content (AvgIpc) is 2.44. The molecule has 0 fully saturated rings. The summed E-state index contributed by atoms with van der Waals surface area (Å²) in [6, 6.07) is 6.12. The van der Waals surface area contributed by atoms with Gasteiger partial charge in [-0.05, 0) is 24.3 Å². The fraction of sp³-hybridized carbons (Fsp3) is 0.385. The van der Waals surface area contributed by atoms with E-state index in [9.17, 15) is 18.0 Å². The van der Waals surface area contributed by atoms with Crippen molar-refractivity contribution in [1.29, 1.82) is 0 Å². The molecular weight excluding hydrogens is 360 g/mol. The number of rotatable bonds is 10. The molecule has 1 amide bonds. The van der Waals surface area contributed by atoms with Crippen LogP contribution in [-0.2, 0) is 14.8 Å². The Balaban J connectivity index is 2.28. The molecule has 0 aliphatic rings. The van der Waals surface area contributed by atoms with Gasteiger partial charge in [-0.3, -0.25) is 14.3 Å². The Kier molecular flexibility index (Phi) is 8.28. The van der Waals surface area contributed by atoms with Gasteiger partial charge in [0.1, 0.15) is 0 Å². The van der Waals surface area contributed by atoms with E-state index in [1.807, 2.05) is 0 Å². The number of anilines is 1. The van der Waals surface area contributed by atoms with Crippen LogP contribution in [0.3, 0.4) is 0 Å². The van der Waals surface area contributed by atoms with Crippen LogP contribution in [0.4, 0.5) is 5.69 Å². The lowest BCUT2D eigenvalue weighted by Gasteiger charge is -2.07. The topological polar surface area (TPSA) is 113 Å². The van der Waals surface area contributed by atoms with Crippen molar-refractivity contribution in [1.82, 2.24) is 5.32 Å². The molecule has 0 bridgehead atoms. The van der Waals surface area contributed by atoms with Gasteiger partial charge in [0.2, 0.25) is 10.0 Å². The van der Waals surface area contributed by atoms with Crippen LogP contribution in [0.15, 0.2) is 24.3 Å². The van der Waals surface area contributed by atoms with Crippen LogP contribution >= 0.6 is 21.6 Å². The third-order valence-electron chi connectivity index (χ3n) is 2.40. The molecule has 0 aromatic heterocycles. The zero-order valence-electron chi connectivity index (χ0n) is 12.4. The molecule has 0 saturated carbocycles. The van der Waals surface area contributed by atoms with Crippen molar-refractivity contribution in [3.05, 3.63) is 29.8 Å². The number of hydrogen-bond donors (Lipinski definition) is 3. The Bertz CT molecular complexity index is 632. The number of carbonyl (C=O) groups is 2. The van der Waals surface area contributed by atoms with Crippen LogP contribution in [0, 0.1) is 0 Å². The van der Waals surface area contributed by atoms with Gasteiger partial charge in [0.05, 0.1) is 12.7 Å². The van der Waals surface area contributed by atoms with Crippen molar-refractivity contribution >= 4 is 49.2 Å². The molecular formula is C13H18N2O5S3. The molecule has 23 heavy (non-hydrogen) atoms. The van der Waals surface area contributed by atoms with Gasteiger partial charge >= 0.3 is 5.97 Å². The maximum absolute atomic E-state index is 11.9. The summed E-state index contributed by atoms with van der Waals surface area (Å²) < 4.78 is 24.5. The lowest BCUT2D eigenvalue weighted by atomic mass is 10.2. The second-order valence-corrected chi connectivity index (χ2v) is 8.95. The van der Waals surface area contributed by atoms with E-state index in [0.29, 0.717) is 29.3 Å². The summed E-state index contributed by atoms with van der Waals surface area (Å²) in [6.07, 6.45) is 1.18. The number of aliphatic carboxylic acids is 1. The summed E-state index contributed by atoms with van der Waals surface area (Å²) in [5.41, 5.74) is 0.835. The van der Waals surface area contributed by atoms with E-state index >= 15 is 0 Å². The van der Waals surface area contributed by atoms with E-state index in [0.717, 1.165) is 6.26 Å². The van der Waals surface area contributed by atoms with Crippen molar-refractivity contribution in [2.24, 2.45) is 0 Å². The lowest BCUT2D eigenvalue weighted by molar-refractivity contribution is -0.136. The minimum Gasteiger partial charge on any atom is -0.481 e. The minimum absolute atomic E-state index is 0.123. The summed E-state index contributed by atoms with van der Waals surface area (Å²) in [7, 11) is -0.375. The van der Waals surface area contributed by atoms with Crippen LogP contribution in [0.5, 0.6) is 0 Å². The Labute approximate surface area is 143 Å². The first-order valence-electron chi connectivity index (χ1n) is 6.60. The van der Waals surface area contributed by atoms with Gasteiger partial charge in [0, 0.05) is 29.3 Å².